The Morgan fingerprint density at radius 3 is 2.00 bits per heavy atom. The predicted octanol–water partition coefficient (Wildman–Crippen LogP) is 0.686. The molecule has 3 nitrogen and oxygen atoms in total. The van der Waals surface area contributed by atoms with E-state index in [4.69, 9.17) is 9.90 Å². The van der Waals surface area contributed by atoms with Crippen LogP contribution in [0.5, 0.6) is 0 Å². The van der Waals surface area contributed by atoms with Gasteiger partial charge in [-0.3, -0.25) is 4.79 Å². The lowest BCUT2D eigenvalue weighted by atomic mass is 10.4. The van der Waals surface area contributed by atoms with Gasteiger partial charge in [0.1, 0.15) is 6.79 Å². The first-order valence-electron chi connectivity index (χ1n) is 2.28. The fourth-order valence-corrected chi connectivity index (χ4v) is 0.214. The zero-order valence-electron chi connectivity index (χ0n) is 4.89. The van der Waals surface area contributed by atoms with Gasteiger partial charge in [0, 0.05) is 6.42 Å². The summed E-state index contributed by atoms with van der Waals surface area (Å²) in [6.07, 6.45) is 1.02. The van der Waals surface area contributed by atoms with Crippen LogP contribution in [0.25, 0.3) is 0 Å². The van der Waals surface area contributed by atoms with Crippen molar-refractivity contribution >= 4 is 12.8 Å². The molecule has 0 spiro atoms. The Bertz CT molecular complexity index is 60.7. The lowest BCUT2D eigenvalue weighted by Gasteiger charge is -1.79. The maximum Gasteiger partial charge on any atom is 0.303 e. The summed E-state index contributed by atoms with van der Waals surface area (Å²) in [5.74, 6) is -0.711. The summed E-state index contributed by atoms with van der Waals surface area (Å²) in [6, 6.07) is 0. The van der Waals surface area contributed by atoms with Gasteiger partial charge in [0.05, 0.1) is 0 Å². The van der Waals surface area contributed by atoms with Gasteiger partial charge < -0.3 is 9.90 Å². The lowest BCUT2D eigenvalue weighted by molar-refractivity contribution is -0.137. The smallest absolute Gasteiger partial charge is 0.303 e. The molecule has 0 aliphatic rings. The van der Waals surface area contributed by atoms with Crippen LogP contribution in [0.15, 0.2) is 0 Å². The van der Waals surface area contributed by atoms with Crippen molar-refractivity contribution in [2.75, 3.05) is 0 Å². The minimum absolute atomic E-state index is 0.292. The molecule has 0 heterocycles. The van der Waals surface area contributed by atoms with Gasteiger partial charge in [-0.25, -0.2) is 0 Å². The standard InChI is InChI=1S/C4H8O2.CH2O/c1-2-3-4(5)6;1-2/h2-3H2,1H3,(H,5,6);1H2. The second kappa shape index (κ2) is 9.46. The first-order valence-corrected chi connectivity index (χ1v) is 2.28. The van der Waals surface area contributed by atoms with E-state index < -0.39 is 5.97 Å². The van der Waals surface area contributed by atoms with Crippen molar-refractivity contribution in [2.45, 2.75) is 19.8 Å². The number of carboxylic acid groups (broad SMARTS) is 1. The Labute approximate surface area is 48.3 Å². The molecule has 0 saturated heterocycles. The molecule has 0 atom stereocenters. The highest BCUT2D eigenvalue weighted by atomic mass is 16.4. The normalized spacial score (nSPS) is 6.62. The van der Waals surface area contributed by atoms with Crippen LogP contribution in [0.1, 0.15) is 19.8 Å². The van der Waals surface area contributed by atoms with Gasteiger partial charge in [0.15, 0.2) is 0 Å². The summed E-state index contributed by atoms with van der Waals surface area (Å²) >= 11 is 0. The van der Waals surface area contributed by atoms with E-state index >= 15 is 0 Å². The van der Waals surface area contributed by atoms with Crippen molar-refractivity contribution in [3.8, 4) is 0 Å². The van der Waals surface area contributed by atoms with E-state index in [-0.39, 0.29) is 0 Å². The van der Waals surface area contributed by atoms with E-state index in [0.29, 0.717) is 6.42 Å². The molecule has 8 heavy (non-hydrogen) atoms. The fraction of sp³-hybridized carbons (Fsp3) is 0.600. The second-order valence-corrected chi connectivity index (χ2v) is 1.14. The Morgan fingerprint density at radius 1 is 1.62 bits per heavy atom. The molecule has 0 fully saturated rings. The van der Waals surface area contributed by atoms with E-state index in [1.54, 1.807) is 0 Å². The zero-order chi connectivity index (χ0) is 6.99. The molecule has 0 aromatic carbocycles. The summed E-state index contributed by atoms with van der Waals surface area (Å²) in [7, 11) is 0. The molecule has 0 saturated carbocycles. The second-order valence-electron chi connectivity index (χ2n) is 1.14. The summed E-state index contributed by atoms with van der Waals surface area (Å²) < 4.78 is 0. The van der Waals surface area contributed by atoms with Gasteiger partial charge in [0.25, 0.3) is 0 Å². The minimum atomic E-state index is -0.711. The lowest BCUT2D eigenvalue weighted by Crippen LogP contribution is -1.90. The molecule has 0 aliphatic heterocycles. The van der Waals surface area contributed by atoms with E-state index in [0.717, 1.165) is 6.42 Å². The van der Waals surface area contributed by atoms with Crippen LogP contribution in [0.4, 0.5) is 0 Å². The Balaban J connectivity index is 0. The molecule has 48 valence electrons. The van der Waals surface area contributed by atoms with Crippen molar-refractivity contribution in [1.29, 1.82) is 0 Å². The fourth-order valence-electron chi connectivity index (χ4n) is 0.214. The Kier molecular flexibility index (Phi) is 12.1. The van der Waals surface area contributed by atoms with Gasteiger partial charge in [-0.2, -0.15) is 0 Å². The molecule has 0 aromatic rings. The Hall–Kier alpha value is -0.860. The summed E-state index contributed by atoms with van der Waals surface area (Å²) in [5.41, 5.74) is 0. The van der Waals surface area contributed by atoms with Crippen molar-refractivity contribution in [1.82, 2.24) is 0 Å². The number of aliphatic carboxylic acids is 1. The van der Waals surface area contributed by atoms with Gasteiger partial charge in [-0.1, -0.05) is 6.92 Å². The van der Waals surface area contributed by atoms with Crippen molar-refractivity contribution in [3.63, 3.8) is 0 Å². The monoisotopic (exact) mass is 118 g/mol. The molecule has 0 unspecified atom stereocenters. The number of carbonyl (C=O) groups is 2. The quantitative estimate of drug-likeness (QED) is 0.580. The van der Waals surface area contributed by atoms with E-state index in [1.807, 2.05) is 13.7 Å². The highest BCUT2D eigenvalue weighted by Gasteiger charge is 1.87. The first kappa shape index (κ1) is 10.2. The number of rotatable bonds is 2. The zero-order valence-corrected chi connectivity index (χ0v) is 4.89. The summed E-state index contributed by atoms with van der Waals surface area (Å²) in [6.45, 7) is 3.84. The molecule has 0 aromatic heterocycles. The predicted molar refractivity (Wildman–Crippen MR) is 29.7 cm³/mol. The molecule has 0 radical (unpaired) electrons. The molecule has 0 bridgehead atoms. The van der Waals surface area contributed by atoms with E-state index in [1.165, 1.54) is 0 Å². The van der Waals surface area contributed by atoms with Crippen molar-refractivity contribution in [2.24, 2.45) is 0 Å². The summed E-state index contributed by atoms with van der Waals surface area (Å²) in [5, 5.41) is 7.91. The third-order valence-electron chi connectivity index (χ3n) is 0.464. The van der Waals surface area contributed by atoms with E-state index in [9.17, 15) is 4.79 Å². The maximum atomic E-state index is 9.60. The summed E-state index contributed by atoms with van der Waals surface area (Å²) in [4.78, 5) is 17.6. The van der Waals surface area contributed by atoms with Crippen LogP contribution < -0.4 is 0 Å². The van der Waals surface area contributed by atoms with Crippen LogP contribution in [0.2, 0.25) is 0 Å². The van der Waals surface area contributed by atoms with Gasteiger partial charge in [-0.15, -0.1) is 0 Å². The number of carbonyl (C=O) groups excluding carboxylic acids is 1. The Morgan fingerprint density at radius 2 is 2.00 bits per heavy atom. The number of hydrogen-bond acceptors (Lipinski definition) is 2. The van der Waals surface area contributed by atoms with Crippen LogP contribution in [-0.2, 0) is 9.59 Å². The van der Waals surface area contributed by atoms with Crippen LogP contribution >= 0.6 is 0 Å². The maximum absolute atomic E-state index is 9.60. The number of hydrogen-bond donors (Lipinski definition) is 1. The van der Waals surface area contributed by atoms with E-state index in [2.05, 4.69) is 0 Å². The van der Waals surface area contributed by atoms with Crippen molar-refractivity contribution in [3.05, 3.63) is 0 Å². The topological polar surface area (TPSA) is 54.4 Å². The van der Waals surface area contributed by atoms with Gasteiger partial charge in [-0.05, 0) is 6.42 Å². The van der Waals surface area contributed by atoms with Crippen LogP contribution in [0.3, 0.4) is 0 Å². The number of carboxylic acids is 1. The van der Waals surface area contributed by atoms with Gasteiger partial charge >= 0.3 is 5.97 Å². The molecule has 0 amide bonds. The van der Waals surface area contributed by atoms with Crippen LogP contribution in [-0.4, -0.2) is 17.9 Å². The molecular weight excluding hydrogens is 108 g/mol. The molecular formula is C5H10O3. The largest absolute Gasteiger partial charge is 0.481 e. The third kappa shape index (κ3) is 19.2. The van der Waals surface area contributed by atoms with Crippen LogP contribution in [0, 0.1) is 0 Å². The van der Waals surface area contributed by atoms with Gasteiger partial charge in [0.2, 0.25) is 0 Å². The first-order chi connectivity index (χ1) is 3.77. The molecule has 1 N–H and O–H groups in total. The highest BCUT2D eigenvalue weighted by molar-refractivity contribution is 5.66. The highest BCUT2D eigenvalue weighted by Crippen LogP contribution is 1.82. The average Bonchev–Trinajstić information content (AvgIpc) is 1.72. The molecule has 3 heteroatoms. The third-order valence-corrected chi connectivity index (χ3v) is 0.464. The average molecular weight is 118 g/mol. The molecule has 0 aliphatic carbocycles. The minimum Gasteiger partial charge on any atom is -0.481 e. The molecule has 0 rings (SSSR count). The SMILES string of the molecule is C=O.CCCC(=O)O. The van der Waals surface area contributed by atoms with Crippen molar-refractivity contribution < 1.29 is 14.7 Å².